The Labute approximate surface area is 89.0 Å². The summed E-state index contributed by atoms with van der Waals surface area (Å²) in [5.41, 5.74) is 6.23. The fourth-order valence-corrected chi connectivity index (χ4v) is 1.37. The number of rotatable bonds is 4. The summed E-state index contributed by atoms with van der Waals surface area (Å²) in [7, 11) is 2.98. The summed E-state index contributed by atoms with van der Waals surface area (Å²) in [6.07, 6.45) is 0.673. The van der Waals surface area contributed by atoms with E-state index in [2.05, 4.69) is 0 Å². The van der Waals surface area contributed by atoms with E-state index < -0.39 is 0 Å². The van der Waals surface area contributed by atoms with E-state index in [1.807, 2.05) is 6.92 Å². The SMILES string of the molecule is CC[C@@H](N)c1cc(OC)c(OC)cc1F. The van der Waals surface area contributed by atoms with Crippen LogP contribution < -0.4 is 15.2 Å². The van der Waals surface area contributed by atoms with Gasteiger partial charge in [0.2, 0.25) is 0 Å². The lowest BCUT2D eigenvalue weighted by atomic mass is 10.0. The van der Waals surface area contributed by atoms with Crippen molar-refractivity contribution in [2.45, 2.75) is 19.4 Å². The second-order valence-electron chi connectivity index (χ2n) is 3.24. The molecule has 0 aliphatic carbocycles. The predicted octanol–water partition coefficient (Wildman–Crippen LogP) is 2.25. The molecule has 0 amide bonds. The van der Waals surface area contributed by atoms with Crippen molar-refractivity contribution in [3.8, 4) is 11.5 Å². The van der Waals surface area contributed by atoms with Crippen molar-refractivity contribution >= 4 is 0 Å². The maximum atomic E-state index is 13.6. The quantitative estimate of drug-likeness (QED) is 0.834. The first kappa shape index (κ1) is 11.8. The van der Waals surface area contributed by atoms with Crippen LogP contribution in [0.15, 0.2) is 12.1 Å². The van der Waals surface area contributed by atoms with Gasteiger partial charge in [-0.15, -0.1) is 0 Å². The molecule has 0 saturated carbocycles. The fourth-order valence-electron chi connectivity index (χ4n) is 1.37. The Kier molecular flexibility index (Phi) is 3.91. The summed E-state index contributed by atoms with van der Waals surface area (Å²) in [6, 6.07) is 2.57. The summed E-state index contributed by atoms with van der Waals surface area (Å²) in [5, 5.41) is 0. The maximum absolute atomic E-state index is 13.6. The van der Waals surface area contributed by atoms with Crippen LogP contribution in [-0.2, 0) is 0 Å². The van der Waals surface area contributed by atoms with E-state index in [9.17, 15) is 4.39 Å². The molecule has 1 atom stereocenters. The van der Waals surface area contributed by atoms with Crippen LogP contribution in [0.3, 0.4) is 0 Å². The van der Waals surface area contributed by atoms with E-state index in [0.717, 1.165) is 0 Å². The number of ether oxygens (including phenoxy) is 2. The van der Waals surface area contributed by atoms with Crippen molar-refractivity contribution in [1.82, 2.24) is 0 Å². The summed E-state index contributed by atoms with van der Waals surface area (Å²) in [4.78, 5) is 0. The number of hydrogen-bond donors (Lipinski definition) is 1. The van der Waals surface area contributed by atoms with E-state index in [1.54, 1.807) is 6.07 Å². The van der Waals surface area contributed by atoms with Crippen molar-refractivity contribution < 1.29 is 13.9 Å². The predicted molar refractivity (Wildman–Crippen MR) is 56.7 cm³/mol. The van der Waals surface area contributed by atoms with Crippen LogP contribution in [0.5, 0.6) is 11.5 Å². The molecule has 0 aliphatic rings. The maximum Gasteiger partial charge on any atom is 0.163 e. The van der Waals surface area contributed by atoms with Gasteiger partial charge in [0.15, 0.2) is 11.5 Å². The molecular formula is C11H16FNO2. The van der Waals surface area contributed by atoms with Crippen LogP contribution in [0.4, 0.5) is 4.39 Å². The van der Waals surface area contributed by atoms with Crippen molar-refractivity contribution in [2.75, 3.05) is 14.2 Å². The molecule has 2 N–H and O–H groups in total. The second kappa shape index (κ2) is 4.98. The van der Waals surface area contributed by atoms with E-state index in [1.165, 1.54) is 20.3 Å². The largest absolute Gasteiger partial charge is 0.493 e. The van der Waals surface area contributed by atoms with Gasteiger partial charge in [0.05, 0.1) is 14.2 Å². The third-order valence-corrected chi connectivity index (χ3v) is 2.34. The van der Waals surface area contributed by atoms with Gasteiger partial charge in [-0.05, 0) is 12.5 Å². The zero-order chi connectivity index (χ0) is 11.4. The van der Waals surface area contributed by atoms with Gasteiger partial charge >= 0.3 is 0 Å². The van der Waals surface area contributed by atoms with Crippen molar-refractivity contribution in [3.63, 3.8) is 0 Å². The molecule has 0 spiro atoms. The van der Waals surface area contributed by atoms with Crippen LogP contribution in [0.2, 0.25) is 0 Å². The lowest BCUT2D eigenvalue weighted by Gasteiger charge is -2.14. The van der Waals surface area contributed by atoms with Gasteiger partial charge in [-0.3, -0.25) is 0 Å². The van der Waals surface area contributed by atoms with Crippen LogP contribution in [0.25, 0.3) is 0 Å². The fraction of sp³-hybridized carbons (Fsp3) is 0.455. The molecule has 0 aromatic heterocycles. The summed E-state index contributed by atoms with van der Waals surface area (Å²) < 4.78 is 23.6. The molecular weight excluding hydrogens is 197 g/mol. The van der Waals surface area contributed by atoms with Crippen molar-refractivity contribution in [3.05, 3.63) is 23.5 Å². The monoisotopic (exact) mass is 213 g/mol. The molecule has 4 heteroatoms. The Morgan fingerprint density at radius 2 is 1.80 bits per heavy atom. The highest BCUT2D eigenvalue weighted by Crippen LogP contribution is 2.32. The minimum absolute atomic E-state index is 0.315. The van der Waals surface area contributed by atoms with Gasteiger partial charge in [-0.1, -0.05) is 6.92 Å². The molecule has 0 bridgehead atoms. The highest BCUT2D eigenvalue weighted by molar-refractivity contribution is 5.44. The molecule has 84 valence electrons. The Morgan fingerprint density at radius 1 is 1.27 bits per heavy atom. The number of benzene rings is 1. The lowest BCUT2D eigenvalue weighted by Crippen LogP contribution is -2.11. The van der Waals surface area contributed by atoms with E-state index in [-0.39, 0.29) is 11.9 Å². The number of hydrogen-bond acceptors (Lipinski definition) is 3. The van der Waals surface area contributed by atoms with Gasteiger partial charge in [-0.2, -0.15) is 0 Å². The molecule has 3 nitrogen and oxygen atoms in total. The Morgan fingerprint density at radius 3 is 2.27 bits per heavy atom. The third kappa shape index (κ3) is 2.39. The molecule has 0 fully saturated rings. The molecule has 0 aliphatic heterocycles. The molecule has 0 unspecified atom stereocenters. The van der Waals surface area contributed by atoms with Crippen LogP contribution in [0, 0.1) is 5.82 Å². The molecule has 0 heterocycles. The number of nitrogens with two attached hydrogens (primary N) is 1. The summed E-state index contributed by atoms with van der Waals surface area (Å²) >= 11 is 0. The molecule has 1 aromatic rings. The molecule has 0 radical (unpaired) electrons. The summed E-state index contributed by atoms with van der Waals surface area (Å²) in [6.45, 7) is 1.90. The highest BCUT2D eigenvalue weighted by atomic mass is 19.1. The van der Waals surface area contributed by atoms with Crippen LogP contribution >= 0.6 is 0 Å². The van der Waals surface area contributed by atoms with Gasteiger partial charge in [0.1, 0.15) is 5.82 Å². The smallest absolute Gasteiger partial charge is 0.163 e. The standard InChI is InChI=1S/C11H16FNO2/c1-4-9(13)7-5-10(14-2)11(15-3)6-8(7)12/h5-6,9H,4,13H2,1-3H3/t9-/m1/s1. The molecule has 0 saturated heterocycles. The topological polar surface area (TPSA) is 44.5 Å². The van der Waals surface area contributed by atoms with Crippen molar-refractivity contribution in [2.24, 2.45) is 5.73 Å². The zero-order valence-electron chi connectivity index (χ0n) is 9.21. The van der Waals surface area contributed by atoms with Crippen LogP contribution in [-0.4, -0.2) is 14.2 Å². The number of methoxy groups -OCH3 is 2. The average Bonchev–Trinajstić information content (AvgIpc) is 2.27. The van der Waals surface area contributed by atoms with E-state index in [0.29, 0.717) is 23.5 Å². The minimum atomic E-state index is -0.359. The van der Waals surface area contributed by atoms with E-state index >= 15 is 0 Å². The third-order valence-electron chi connectivity index (χ3n) is 2.34. The normalized spacial score (nSPS) is 12.3. The first-order chi connectivity index (χ1) is 7.13. The summed E-state index contributed by atoms with van der Waals surface area (Å²) in [5.74, 6) is 0.516. The second-order valence-corrected chi connectivity index (χ2v) is 3.24. The molecule has 1 rings (SSSR count). The first-order valence-corrected chi connectivity index (χ1v) is 4.81. The average molecular weight is 213 g/mol. The van der Waals surface area contributed by atoms with E-state index in [4.69, 9.17) is 15.2 Å². The van der Waals surface area contributed by atoms with Crippen molar-refractivity contribution in [1.29, 1.82) is 0 Å². The van der Waals surface area contributed by atoms with Crippen LogP contribution in [0.1, 0.15) is 24.9 Å². The lowest BCUT2D eigenvalue weighted by molar-refractivity contribution is 0.351. The molecule has 1 aromatic carbocycles. The van der Waals surface area contributed by atoms with Gasteiger partial charge in [-0.25, -0.2) is 4.39 Å². The number of halogens is 1. The zero-order valence-corrected chi connectivity index (χ0v) is 9.21. The first-order valence-electron chi connectivity index (χ1n) is 4.81. The Hall–Kier alpha value is -1.29. The van der Waals surface area contributed by atoms with Gasteiger partial charge < -0.3 is 15.2 Å². The minimum Gasteiger partial charge on any atom is -0.493 e. The highest BCUT2D eigenvalue weighted by Gasteiger charge is 2.14. The molecule has 15 heavy (non-hydrogen) atoms. The Bertz CT molecular complexity index is 342. The van der Waals surface area contributed by atoms with Gasteiger partial charge in [0, 0.05) is 17.7 Å². The Balaban J connectivity index is 3.19. The van der Waals surface area contributed by atoms with Gasteiger partial charge in [0.25, 0.3) is 0 Å².